The van der Waals surface area contributed by atoms with Crippen LogP contribution < -0.4 is 4.74 Å². The maximum Gasteiger partial charge on any atom is 0.118 e. The van der Waals surface area contributed by atoms with Crippen molar-refractivity contribution in [3.63, 3.8) is 0 Å². The summed E-state index contributed by atoms with van der Waals surface area (Å²) in [6.07, 6.45) is 2.10. The molecule has 0 amide bonds. The highest BCUT2D eigenvalue weighted by molar-refractivity contribution is 5.81. The Kier molecular flexibility index (Phi) is 4.28. The molecule has 0 bridgehead atoms. The van der Waals surface area contributed by atoms with Gasteiger partial charge in [-0.1, -0.05) is 48.0 Å². The van der Waals surface area contributed by atoms with E-state index in [4.69, 9.17) is 9.84 Å². The van der Waals surface area contributed by atoms with Gasteiger partial charge in [-0.3, -0.25) is 0 Å². The van der Waals surface area contributed by atoms with Gasteiger partial charge in [0.25, 0.3) is 0 Å². The number of ether oxygens (including phenoxy) is 1. The van der Waals surface area contributed by atoms with Gasteiger partial charge in [-0.2, -0.15) is 5.10 Å². The van der Waals surface area contributed by atoms with Crippen molar-refractivity contribution in [3.05, 3.63) is 90.6 Å². The molecule has 4 aromatic rings. The molecule has 0 radical (unpaired) electrons. The molecule has 0 saturated heterocycles. The van der Waals surface area contributed by atoms with E-state index < -0.39 is 0 Å². The third-order valence-electron chi connectivity index (χ3n) is 4.46. The molecule has 0 saturated carbocycles. The molecule has 1 heterocycles. The van der Waals surface area contributed by atoms with Gasteiger partial charge in [-0.05, 0) is 48.9 Å². The SMILES string of the molecule is COc1ccc(-c2nn(-c3ccccc3)cc2-c2ccc(C)cc2)cc1. The molecule has 0 N–H and O–H groups in total. The minimum absolute atomic E-state index is 0.841. The highest BCUT2D eigenvalue weighted by Gasteiger charge is 2.14. The van der Waals surface area contributed by atoms with Crippen LogP contribution in [0.15, 0.2) is 85.1 Å². The molecule has 0 spiro atoms. The summed E-state index contributed by atoms with van der Waals surface area (Å²) in [4.78, 5) is 0. The number of para-hydroxylation sites is 1. The molecule has 0 unspecified atom stereocenters. The van der Waals surface area contributed by atoms with Crippen LogP contribution in [0.25, 0.3) is 28.1 Å². The van der Waals surface area contributed by atoms with Crippen LogP contribution in [0.5, 0.6) is 5.75 Å². The van der Waals surface area contributed by atoms with E-state index in [1.807, 2.05) is 47.1 Å². The minimum atomic E-state index is 0.841. The van der Waals surface area contributed by atoms with E-state index in [9.17, 15) is 0 Å². The first-order chi connectivity index (χ1) is 12.7. The van der Waals surface area contributed by atoms with E-state index in [0.29, 0.717) is 0 Å². The van der Waals surface area contributed by atoms with Gasteiger partial charge in [0.2, 0.25) is 0 Å². The summed E-state index contributed by atoms with van der Waals surface area (Å²) in [6.45, 7) is 2.10. The number of aromatic nitrogens is 2. The van der Waals surface area contributed by atoms with Gasteiger partial charge in [-0.25, -0.2) is 4.68 Å². The number of hydrogen-bond donors (Lipinski definition) is 0. The van der Waals surface area contributed by atoms with Crippen LogP contribution in [0.2, 0.25) is 0 Å². The first kappa shape index (κ1) is 16.2. The van der Waals surface area contributed by atoms with Crippen molar-refractivity contribution in [2.45, 2.75) is 6.92 Å². The zero-order chi connectivity index (χ0) is 17.9. The molecule has 0 aliphatic heterocycles. The predicted molar refractivity (Wildman–Crippen MR) is 106 cm³/mol. The van der Waals surface area contributed by atoms with Gasteiger partial charge in [0.1, 0.15) is 11.4 Å². The van der Waals surface area contributed by atoms with Crippen molar-refractivity contribution in [1.82, 2.24) is 9.78 Å². The van der Waals surface area contributed by atoms with Gasteiger partial charge in [0, 0.05) is 17.3 Å². The highest BCUT2D eigenvalue weighted by atomic mass is 16.5. The molecule has 4 rings (SSSR count). The van der Waals surface area contributed by atoms with Gasteiger partial charge < -0.3 is 4.74 Å². The van der Waals surface area contributed by atoms with Crippen molar-refractivity contribution in [1.29, 1.82) is 0 Å². The summed E-state index contributed by atoms with van der Waals surface area (Å²) in [7, 11) is 1.68. The molecule has 0 aliphatic carbocycles. The molecule has 3 heteroatoms. The zero-order valence-corrected chi connectivity index (χ0v) is 14.9. The first-order valence-corrected chi connectivity index (χ1v) is 8.61. The molecular weight excluding hydrogens is 320 g/mol. The fraction of sp³-hybridized carbons (Fsp3) is 0.0870. The molecule has 128 valence electrons. The molecule has 3 aromatic carbocycles. The lowest BCUT2D eigenvalue weighted by Gasteiger charge is -2.05. The smallest absolute Gasteiger partial charge is 0.118 e. The fourth-order valence-corrected chi connectivity index (χ4v) is 2.99. The number of benzene rings is 3. The highest BCUT2D eigenvalue weighted by Crippen LogP contribution is 2.33. The van der Waals surface area contributed by atoms with Gasteiger partial charge in [0.05, 0.1) is 12.8 Å². The Labute approximate surface area is 153 Å². The molecule has 26 heavy (non-hydrogen) atoms. The largest absolute Gasteiger partial charge is 0.497 e. The average Bonchev–Trinajstić information content (AvgIpc) is 3.15. The van der Waals surface area contributed by atoms with Crippen LogP contribution in [-0.2, 0) is 0 Å². The second kappa shape index (κ2) is 6.89. The number of aryl methyl sites for hydroxylation is 1. The van der Waals surface area contributed by atoms with Crippen LogP contribution in [0.1, 0.15) is 5.56 Å². The fourth-order valence-electron chi connectivity index (χ4n) is 2.99. The van der Waals surface area contributed by atoms with Crippen molar-refractivity contribution in [2.75, 3.05) is 7.11 Å². The average molecular weight is 340 g/mol. The monoisotopic (exact) mass is 340 g/mol. The number of methoxy groups -OCH3 is 1. The molecule has 0 fully saturated rings. The van der Waals surface area contributed by atoms with Crippen LogP contribution in [0.4, 0.5) is 0 Å². The molecular formula is C23H20N2O. The molecule has 0 atom stereocenters. The predicted octanol–water partition coefficient (Wildman–Crippen LogP) is 5.52. The third kappa shape index (κ3) is 3.11. The van der Waals surface area contributed by atoms with E-state index >= 15 is 0 Å². The van der Waals surface area contributed by atoms with Crippen LogP contribution >= 0.6 is 0 Å². The second-order valence-electron chi connectivity index (χ2n) is 6.27. The quantitative estimate of drug-likeness (QED) is 0.489. The van der Waals surface area contributed by atoms with Crippen LogP contribution in [0.3, 0.4) is 0 Å². The van der Waals surface area contributed by atoms with E-state index in [-0.39, 0.29) is 0 Å². The zero-order valence-electron chi connectivity index (χ0n) is 14.9. The van der Waals surface area contributed by atoms with Crippen molar-refractivity contribution in [2.24, 2.45) is 0 Å². The Morgan fingerprint density at radius 3 is 2.08 bits per heavy atom. The summed E-state index contributed by atoms with van der Waals surface area (Å²) in [6, 6.07) is 26.8. The molecule has 1 aromatic heterocycles. The maximum absolute atomic E-state index is 5.28. The van der Waals surface area contributed by atoms with Crippen LogP contribution in [-0.4, -0.2) is 16.9 Å². The Hall–Kier alpha value is -3.33. The van der Waals surface area contributed by atoms with Gasteiger partial charge in [0.15, 0.2) is 0 Å². The Balaban J connectivity index is 1.87. The number of nitrogens with zero attached hydrogens (tertiary/aromatic N) is 2. The lowest BCUT2D eigenvalue weighted by Crippen LogP contribution is -1.94. The van der Waals surface area contributed by atoms with Crippen LogP contribution in [0, 0.1) is 6.92 Å². The number of hydrogen-bond acceptors (Lipinski definition) is 2. The summed E-state index contributed by atoms with van der Waals surface area (Å²) >= 11 is 0. The van der Waals surface area contributed by atoms with E-state index in [0.717, 1.165) is 33.8 Å². The summed E-state index contributed by atoms with van der Waals surface area (Å²) in [5.74, 6) is 0.841. The Morgan fingerprint density at radius 1 is 0.769 bits per heavy atom. The first-order valence-electron chi connectivity index (χ1n) is 8.61. The Morgan fingerprint density at radius 2 is 1.42 bits per heavy atom. The van der Waals surface area contributed by atoms with Crippen molar-refractivity contribution < 1.29 is 4.74 Å². The summed E-state index contributed by atoms with van der Waals surface area (Å²) in [5.41, 5.74) is 6.58. The topological polar surface area (TPSA) is 27.1 Å². The normalized spacial score (nSPS) is 10.7. The number of rotatable bonds is 4. The third-order valence-corrected chi connectivity index (χ3v) is 4.46. The molecule has 0 aliphatic rings. The summed E-state index contributed by atoms with van der Waals surface area (Å²) in [5, 5.41) is 4.88. The Bertz CT molecular complexity index is 1000. The van der Waals surface area contributed by atoms with Gasteiger partial charge >= 0.3 is 0 Å². The van der Waals surface area contributed by atoms with E-state index in [2.05, 4.69) is 49.5 Å². The lowest BCUT2D eigenvalue weighted by atomic mass is 10.0. The minimum Gasteiger partial charge on any atom is -0.497 e. The van der Waals surface area contributed by atoms with Crippen molar-refractivity contribution >= 4 is 0 Å². The second-order valence-corrected chi connectivity index (χ2v) is 6.27. The maximum atomic E-state index is 5.28. The lowest BCUT2D eigenvalue weighted by molar-refractivity contribution is 0.415. The van der Waals surface area contributed by atoms with Crippen molar-refractivity contribution in [3.8, 4) is 33.8 Å². The summed E-state index contributed by atoms with van der Waals surface area (Å²) < 4.78 is 7.22. The van der Waals surface area contributed by atoms with E-state index in [1.165, 1.54) is 5.56 Å². The van der Waals surface area contributed by atoms with Gasteiger partial charge in [-0.15, -0.1) is 0 Å². The molecule has 3 nitrogen and oxygen atoms in total. The van der Waals surface area contributed by atoms with E-state index in [1.54, 1.807) is 7.11 Å². The standard InChI is InChI=1S/C23H20N2O/c1-17-8-10-18(11-9-17)22-16-25(20-6-4-3-5-7-20)24-23(22)19-12-14-21(26-2)15-13-19/h3-16H,1-2H3.